The Balaban J connectivity index is 2.43. The molecule has 0 aliphatic carbocycles. The zero-order valence-electron chi connectivity index (χ0n) is 11.0. The van der Waals surface area contributed by atoms with Crippen LogP contribution in [0.2, 0.25) is 0 Å². The fraction of sp³-hybridized carbons (Fsp3) is 0.333. The standard InChI is InChI=1S/C15H17BrFNS/c1-3-7-18-15(12-9-19-8-10(12)2)11-5-4-6-13(16)14(11)17/h4-6,8-9,15,18H,3,7H2,1-2H3. The molecule has 0 bridgehead atoms. The maximum atomic E-state index is 14.3. The van der Waals surface area contributed by atoms with Crippen molar-refractivity contribution >= 4 is 27.3 Å². The number of benzene rings is 1. The van der Waals surface area contributed by atoms with Gasteiger partial charge in [-0.25, -0.2) is 4.39 Å². The summed E-state index contributed by atoms with van der Waals surface area (Å²) in [5, 5.41) is 7.65. The summed E-state index contributed by atoms with van der Waals surface area (Å²) in [7, 11) is 0. The van der Waals surface area contributed by atoms with Gasteiger partial charge in [-0.05, 0) is 63.8 Å². The maximum absolute atomic E-state index is 14.3. The van der Waals surface area contributed by atoms with Gasteiger partial charge in [0.15, 0.2) is 0 Å². The van der Waals surface area contributed by atoms with Gasteiger partial charge < -0.3 is 5.32 Å². The predicted molar refractivity (Wildman–Crippen MR) is 83.3 cm³/mol. The van der Waals surface area contributed by atoms with E-state index in [1.165, 1.54) is 5.56 Å². The highest BCUT2D eigenvalue weighted by Crippen LogP contribution is 2.31. The lowest BCUT2D eigenvalue weighted by molar-refractivity contribution is 0.543. The molecule has 1 atom stereocenters. The van der Waals surface area contributed by atoms with Gasteiger partial charge in [-0.3, -0.25) is 0 Å². The highest BCUT2D eigenvalue weighted by Gasteiger charge is 2.20. The monoisotopic (exact) mass is 341 g/mol. The Morgan fingerprint density at radius 2 is 2.11 bits per heavy atom. The number of hydrogen-bond donors (Lipinski definition) is 1. The summed E-state index contributed by atoms with van der Waals surface area (Å²) >= 11 is 4.92. The largest absolute Gasteiger partial charge is 0.306 e. The van der Waals surface area contributed by atoms with Crippen LogP contribution in [0.15, 0.2) is 33.4 Å². The average Bonchev–Trinajstić information content (AvgIpc) is 2.81. The lowest BCUT2D eigenvalue weighted by Crippen LogP contribution is -2.24. The van der Waals surface area contributed by atoms with E-state index in [4.69, 9.17) is 0 Å². The Morgan fingerprint density at radius 3 is 2.74 bits per heavy atom. The molecular formula is C15H17BrFNS. The van der Waals surface area contributed by atoms with E-state index in [2.05, 4.69) is 45.9 Å². The molecule has 1 N–H and O–H groups in total. The number of hydrogen-bond acceptors (Lipinski definition) is 2. The van der Waals surface area contributed by atoms with E-state index in [1.807, 2.05) is 12.1 Å². The van der Waals surface area contributed by atoms with Crippen LogP contribution < -0.4 is 5.32 Å². The zero-order chi connectivity index (χ0) is 13.8. The van der Waals surface area contributed by atoms with E-state index in [0.717, 1.165) is 18.5 Å². The summed E-state index contributed by atoms with van der Waals surface area (Å²) in [4.78, 5) is 0. The van der Waals surface area contributed by atoms with Gasteiger partial charge in [0.2, 0.25) is 0 Å². The summed E-state index contributed by atoms with van der Waals surface area (Å²) in [6.07, 6.45) is 1.02. The van der Waals surface area contributed by atoms with Gasteiger partial charge in [0, 0.05) is 5.56 Å². The van der Waals surface area contributed by atoms with Crippen molar-refractivity contribution in [3.05, 3.63) is 55.9 Å². The highest BCUT2D eigenvalue weighted by molar-refractivity contribution is 9.10. The molecule has 1 aromatic carbocycles. The van der Waals surface area contributed by atoms with Crippen LogP contribution in [0.5, 0.6) is 0 Å². The first-order valence-corrected chi connectivity index (χ1v) is 8.08. The molecule has 19 heavy (non-hydrogen) atoms. The molecule has 0 saturated carbocycles. The van der Waals surface area contributed by atoms with Crippen molar-refractivity contribution in [2.24, 2.45) is 0 Å². The van der Waals surface area contributed by atoms with Crippen LogP contribution >= 0.6 is 27.3 Å². The molecule has 0 saturated heterocycles. The average molecular weight is 342 g/mol. The lowest BCUT2D eigenvalue weighted by atomic mass is 9.98. The molecule has 1 nitrogen and oxygen atoms in total. The molecule has 0 aliphatic rings. The summed E-state index contributed by atoms with van der Waals surface area (Å²) in [5.74, 6) is -0.179. The van der Waals surface area contributed by atoms with Crippen molar-refractivity contribution in [1.82, 2.24) is 5.32 Å². The van der Waals surface area contributed by atoms with Crippen LogP contribution in [-0.4, -0.2) is 6.54 Å². The van der Waals surface area contributed by atoms with Gasteiger partial charge in [-0.15, -0.1) is 0 Å². The smallest absolute Gasteiger partial charge is 0.142 e. The van der Waals surface area contributed by atoms with Crippen molar-refractivity contribution in [2.45, 2.75) is 26.3 Å². The van der Waals surface area contributed by atoms with Gasteiger partial charge in [0.1, 0.15) is 5.82 Å². The molecule has 0 spiro atoms. The topological polar surface area (TPSA) is 12.0 Å². The first-order valence-electron chi connectivity index (χ1n) is 6.35. The SMILES string of the molecule is CCCNC(c1cscc1C)c1cccc(Br)c1F. The summed E-state index contributed by atoms with van der Waals surface area (Å²) in [5.41, 5.74) is 3.07. The van der Waals surface area contributed by atoms with Crippen molar-refractivity contribution in [3.8, 4) is 0 Å². The van der Waals surface area contributed by atoms with E-state index in [1.54, 1.807) is 17.4 Å². The Morgan fingerprint density at radius 1 is 1.32 bits per heavy atom. The van der Waals surface area contributed by atoms with E-state index in [0.29, 0.717) is 10.0 Å². The fourth-order valence-corrected chi connectivity index (χ4v) is 3.34. The molecule has 0 fully saturated rings. The molecule has 0 amide bonds. The molecule has 1 aromatic heterocycles. The molecule has 1 unspecified atom stereocenters. The Kier molecular flexibility index (Phi) is 5.13. The minimum atomic E-state index is -0.179. The van der Waals surface area contributed by atoms with Crippen LogP contribution in [0.3, 0.4) is 0 Å². The van der Waals surface area contributed by atoms with Gasteiger partial charge in [-0.2, -0.15) is 11.3 Å². The lowest BCUT2D eigenvalue weighted by Gasteiger charge is -2.20. The fourth-order valence-electron chi connectivity index (χ4n) is 2.09. The maximum Gasteiger partial charge on any atom is 0.142 e. The molecule has 4 heteroatoms. The predicted octanol–water partition coefficient (Wildman–Crippen LogP) is 5.05. The first-order chi connectivity index (χ1) is 9.15. The van der Waals surface area contributed by atoms with E-state index < -0.39 is 0 Å². The minimum absolute atomic E-state index is 0.0799. The van der Waals surface area contributed by atoms with Crippen LogP contribution in [0, 0.1) is 12.7 Å². The van der Waals surface area contributed by atoms with Gasteiger partial charge in [0.25, 0.3) is 0 Å². The second-order valence-electron chi connectivity index (χ2n) is 4.54. The van der Waals surface area contributed by atoms with Gasteiger partial charge in [-0.1, -0.05) is 19.1 Å². The van der Waals surface area contributed by atoms with Gasteiger partial charge >= 0.3 is 0 Å². The zero-order valence-corrected chi connectivity index (χ0v) is 13.4. The molecule has 0 radical (unpaired) electrons. The third kappa shape index (κ3) is 3.25. The number of rotatable bonds is 5. The molecular weight excluding hydrogens is 325 g/mol. The van der Waals surface area contributed by atoms with Crippen LogP contribution in [-0.2, 0) is 0 Å². The third-order valence-electron chi connectivity index (χ3n) is 3.10. The Bertz CT molecular complexity index is 553. The molecule has 2 rings (SSSR count). The summed E-state index contributed by atoms with van der Waals surface area (Å²) in [6, 6.07) is 5.38. The Hall–Kier alpha value is -0.710. The number of aryl methyl sites for hydroxylation is 1. The second kappa shape index (κ2) is 6.64. The van der Waals surface area contributed by atoms with E-state index in [-0.39, 0.29) is 11.9 Å². The Labute approximate surface area is 126 Å². The quantitative estimate of drug-likeness (QED) is 0.802. The van der Waals surface area contributed by atoms with E-state index >= 15 is 0 Å². The third-order valence-corrected chi connectivity index (χ3v) is 4.59. The first kappa shape index (κ1) is 14.7. The normalized spacial score (nSPS) is 12.6. The number of halogens is 2. The minimum Gasteiger partial charge on any atom is -0.306 e. The van der Waals surface area contributed by atoms with Gasteiger partial charge in [0.05, 0.1) is 10.5 Å². The highest BCUT2D eigenvalue weighted by atomic mass is 79.9. The number of thiophene rings is 1. The number of nitrogens with one attached hydrogen (secondary N) is 1. The van der Waals surface area contributed by atoms with E-state index in [9.17, 15) is 4.39 Å². The molecule has 2 aromatic rings. The summed E-state index contributed by atoms with van der Waals surface area (Å²) in [6.45, 7) is 5.05. The van der Waals surface area contributed by atoms with Crippen LogP contribution in [0.25, 0.3) is 0 Å². The summed E-state index contributed by atoms with van der Waals surface area (Å²) < 4.78 is 14.8. The van der Waals surface area contributed by atoms with Crippen molar-refractivity contribution in [3.63, 3.8) is 0 Å². The second-order valence-corrected chi connectivity index (χ2v) is 6.14. The molecule has 0 aliphatic heterocycles. The van der Waals surface area contributed by atoms with Crippen LogP contribution in [0.4, 0.5) is 4.39 Å². The van der Waals surface area contributed by atoms with Crippen molar-refractivity contribution < 1.29 is 4.39 Å². The van der Waals surface area contributed by atoms with Crippen molar-refractivity contribution in [2.75, 3.05) is 6.54 Å². The van der Waals surface area contributed by atoms with Crippen LogP contribution in [0.1, 0.15) is 36.1 Å². The van der Waals surface area contributed by atoms with Crippen molar-refractivity contribution in [1.29, 1.82) is 0 Å². The molecule has 102 valence electrons. The molecule has 1 heterocycles.